The van der Waals surface area contributed by atoms with Crippen LogP contribution in [0, 0.1) is 5.82 Å². The first-order chi connectivity index (χ1) is 6.77. The lowest BCUT2D eigenvalue weighted by molar-refractivity contribution is 0.118. The third-order valence-electron chi connectivity index (χ3n) is 2.73. The number of rotatable bonds is 1. The fourth-order valence-corrected chi connectivity index (χ4v) is 1.97. The van der Waals surface area contributed by atoms with Crippen molar-refractivity contribution < 1.29 is 9.50 Å². The second-order valence-electron chi connectivity index (χ2n) is 3.72. The van der Waals surface area contributed by atoms with Gasteiger partial charge in [-0.25, -0.2) is 4.39 Å². The van der Waals surface area contributed by atoms with Crippen molar-refractivity contribution in [3.05, 3.63) is 35.6 Å². The highest BCUT2D eigenvalue weighted by molar-refractivity contribution is 5.22. The van der Waals surface area contributed by atoms with E-state index in [-0.39, 0.29) is 11.7 Å². The lowest BCUT2D eigenvalue weighted by Gasteiger charge is -2.28. The van der Waals surface area contributed by atoms with Gasteiger partial charge in [-0.1, -0.05) is 12.1 Å². The second kappa shape index (κ2) is 4.07. The van der Waals surface area contributed by atoms with Crippen LogP contribution in [0.2, 0.25) is 0 Å². The van der Waals surface area contributed by atoms with Crippen molar-refractivity contribution >= 4 is 0 Å². The molecule has 0 aromatic heterocycles. The molecule has 1 fully saturated rings. The molecule has 1 saturated heterocycles. The number of β-amino-alcohol motifs (C(OH)–C–C–N with tert-alkyl or cyclic N) is 1. The van der Waals surface area contributed by atoms with Crippen LogP contribution in [0.5, 0.6) is 0 Å². The average Bonchev–Trinajstić information content (AvgIpc) is 2.18. The first kappa shape index (κ1) is 9.62. The molecule has 1 aromatic rings. The van der Waals surface area contributed by atoms with Crippen LogP contribution in [0.25, 0.3) is 0 Å². The highest BCUT2D eigenvalue weighted by Gasteiger charge is 2.24. The minimum atomic E-state index is -0.398. The number of nitrogens with one attached hydrogen (secondary N) is 1. The van der Waals surface area contributed by atoms with Crippen LogP contribution in [0.15, 0.2) is 24.3 Å². The van der Waals surface area contributed by atoms with Gasteiger partial charge in [-0.15, -0.1) is 0 Å². The molecule has 1 heterocycles. The molecule has 2 atom stereocenters. The molecule has 0 spiro atoms. The number of aliphatic hydroxyl groups excluding tert-OH is 1. The zero-order valence-electron chi connectivity index (χ0n) is 7.91. The molecule has 0 bridgehead atoms. The zero-order chi connectivity index (χ0) is 9.97. The third-order valence-corrected chi connectivity index (χ3v) is 2.73. The van der Waals surface area contributed by atoms with Crippen molar-refractivity contribution in [2.75, 3.05) is 13.1 Å². The maximum Gasteiger partial charge on any atom is 0.123 e. The largest absolute Gasteiger partial charge is 0.391 e. The van der Waals surface area contributed by atoms with E-state index in [1.165, 1.54) is 12.1 Å². The van der Waals surface area contributed by atoms with E-state index in [1.54, 1.807) is 6.07 Å². The second-order valence-corrected chi connectivity index (χ2v) is 3.72. The first-order valence-electron chi connectivity index (χ1n) is 4.91. The predicted octanol–water partition coefficient (Wildman–Crippen LogP) is 1.26. The molecule has 0 amide bonds. The fourth-order valence-electron chi connectivity index (χ4n) is 1.97. The Morgan fingerprint density at radius 2 is 2.29 bits per heavy atom. The normalized spacial score (nSPS) is 27.6. The van der Waals surface area contributed by atoms with E-state index in [1.807, 2.05) is 6.07 Å². The quantitative estimate of drug-likeness (QED) is 0.707. The third kappa shape index (κ3) is 1.94. The van der Waals surface area contributed by atoms with E-state index in [0.717, 1.165) is 18.5 Å². The summed E-state index contributed by atoms with van der Waals surface area (Å²) in [5.41, 5.74) is 0.902. The van der Waals surface area contributed by atoms with Crippen molar-refractivity contribution in [2.45, 2.75) is 18.4 Å². The maximum atomic E-state index is 13.0. The van der Waals surface area contributed by atoms with Gasteiger partial charge in [0.1, 0.15) is 5.82 Å². The Labute approximate surface area is 82.8 Å². The summed E-state index contributed by atoms with van der Waals surface area (Å²) in [4.78, 5) is 0. The topological polar surface area (TPSA) is 32.3 Å². The van der Waals surface area contributed by atoms with Gasteiger partial charge < -0.3 is 10.4 Å². The minimum absolute atomic E-state index is 0.0759. The highest BCUT2D eigenvalue weighted by Crippen LogP contribution is 2.25. The summed E-state index contributed by atoms with van der Waals surface area (Å²) in [7, 11) is 0. The monoisotopic (exact) mass is 195 g/mol. The van der Waals surface area contributed by atoms with E-state index in [0.29, 0.717) is 6.54 Å². The van der Waals surface area contributed by atoms with Gasteiger partial charge in [0.05, 0.1) is 6.10 Å². The Kier molecular flexibility index (Phi) is 2.79. The number of aliphatic hydroxyl groups is 1. The van der Waals surface area contributed by atoms with Gasteiger partial charge in [0.2, 0.25) is 0 Å². The van der Waals surface area contributed by atoms with Gasteiger partial charge in [-0.2, -0.15) is 0 Å². The van der Waals surface area contributed by atoms with Gasteiger partial charge in [0, 0.05) is 12.5 Å². The predicted molar refractivity (Wildman–Crippen MR) is 52.6 cm³/mol. The fraction of sp³-hybridized carbons (Fsp3) is 0.455. The molecule has 0 aliphatic carbocycles. The zero-order valence-corrected chi connectivity index (χ0v) is 7.91. The van der Waals surface area contributed by atoms with Gasteiger partial charge in [-0.05, 0) is 30.7 Å². The summed E-state index contributed by atoms with van der Waals surface area (Å²) < 4.78 is 13.0. The van der Waals surface area contributed by atoms with E-state index in [2.05, 4.69) is 5.32 Å². The molecule has 2 N–H and O–H groups in total. The molecular formula is C11H14FNO. The Hall–Kier alpha value is -0.930. The molecule has 1 aliphatic heterocycles. The van der Waals surface area contributed by atoms with Crippen molar-refractivity contribution in [1.82, 2.24) is 5.32 Å². The van der Waals surface area contributed by atoms with Crippen LogP contribution in [-0.2, 0) is 0 Å². The summed E-state index contributed by atoms with van der Waals surface area (Å²) >= 11 is 0. The van der Waals surface area contributed by atoms with Crippen LogP contribution in [0.4, 0.5) is 4.39 Å². The summed E-state index contributed by atoms with van der Waals surface area (Å²) in [5, 5.41) is 12.8. The molecule has 0 radical (unpaired) electrons. The first-order valence-corrected chi connectivity index (χ1v) is 4.91. The standard InChI is InChI=1S/C11H14FNO/c12-9-3-1-2-8(6-9)10-4-5-13-7-11(10)14/h1-3,6,10-11,13-14H,4-5,7H2. The highest BCUT2D eigenvalue weighted by atomic mass is 19.1. The molecule has 76 valence electrons. The van der Waals surface area contributed by atoms with Gasteiger partial charge >= 0.3 is 0 Å². The molecule has 2 unspecified atom stereocenters. The summed E-state index contributed by atoms with van der Waals surface area (Å²) in [5.74, 6) is -0.153. The molecule has 1 aromatic carbocycles. The van der Waals surface area contributed by atoms with Crippen LogP contribution in [-0.4, -0.2) is 24.3 Å². The SMILES string of the molecule is OC1CNCCC1c1cccc(F)c1. The van der Waals surface area contributed by atoms with Crippen LogP contribution >= 0.6 is 0 Å². The van der Waals surface area contributed by atoms with Crippen molar-refractivity contribution in [1.29, 1.82) is 0 Å². The molecule has 1 aliphatic rings. The minimum Gasteiger partial charge on any atom is -0.391 e. The summed E-state index contributed by atoms with van der Waals surface area (Å²) in [6.45, 7) is 1.49. The molecular weight excluding hydrogens is 181 g/mol. The number of hydrogen-bond acceptors (Lipinski definition) is 2. The summed E-state index contributed by atoms with van der Waals surface area (Å²) in [6.07, 6.45) is 0.468. The van der Waals surface area contributed by atoms with E-state index < -0.39 is 6.10 Å². The van der Waals surface area contributed by atoms with E-state index in [4.69, 9.17) is 0 Å². The van der Waals surface area contributed by atoms with E-state index >= 15 is 0 Å². The van der Waals surface area contributed by atoms with Crippen LogP contribution in [0.1, 0.15) is 17.9 Å². The molecule has 2 rings (SSSR count). The lowest BCUT2D eigenvalue weighted by atomic mass is 9.88. The Morgan fingerprint density at radius 3 is 3.00 bits per heavy atom. The number of hydrogen-bond donors (Lipinski definition) is 2. The number of benzene rings is 1. The smallest absolute Gasteiger partial charge is 0.123 e. The van der Waals surface area contributed by atoms with Crippen LogP contribution < -0.4 is 5.32 Å². The molecule has 14 heavy (non-hydrogen) atoms. The molecule has 3 heteroatoms. The van der Waals surface area contributed by atoms with Crippen molar-refractivity contribution in [3.63, 3.8) is 0 Å². The summed E-state index contributed by atoms with van der Waals surface area (Å²) in [6, 6.07) is 6.51. The average molecular weight is 195 g/mol. The van der Waals surface area contributed by atoms with Gasteiger partial charge in [0.15, 0.2) is 0 Å². The van der Waals surface area contributed by atoms with Gasteiger partial charge in [0.25, 0.3) is 0 Å². The lowest BCUT2D eigenvalue weighted by Crippen LogP contribution is -2.39. The number of halogens is 1. The van der Waals surface area contributed by atoms with Crippen LogP contribution in [0.3, 0.4) is 0 Å². The Balaban J connectivity index is 2.20. The Morgan fingerprint density at radius 1 is 1.43 bits per heavy atom. The molecule has 0 saturated carbocycles. The molecule has 2 nitrogen and oxygen atoms in total. The Bertz CT molecular complexity index is 316. The maximum absolute atomic E-state index is 13.0. The van der Waals surface area contributed by atoms with Crippen molar-refractivity contribution in [3.8, 4) is 0 Å². The van der Waals surface area contributed by atoms with Gasteiger partial charge in [-0.3, -0.25) is 0 Å². The van der Waals surface area contributed by atoms with Crippen molar-refractivity contribution in [2.24, 2.45) is 0 Å². The van der Waals surface area contributed by atoms with E-state index in [9.17, 15) is 9.50 Å². The number of piperidine rings is 1.